The van der Waals surface area contributed by atoms with Gasteiger partial charge in [-0.15, -0.1) is 8.78 Å². The molecule has 3 N–H and O–H groups in total. The summed E-state index contributed by atoms with van der Waals surface area (Å²) in [6.45, 7) is 3.69. The molecule has 2 fully saturated rings. The minimum atomic E-state index is -4.67. The third-order valence-corrected chi connectivity index (χ3v) is 7.61. The number of amides is 2. The third kappa shape index (κ3) is 6.53. The number of hydrogen-bond acceptors (Lipinski definition) is 11. The maximum Gasteiger partial charge on any atom is 0.586 e. The van der Waals surface area contributed by atoms with E-state index in [1.165, 1.54) is 7.11 Å². The topological polar surface area (TPSA) is 149 Å². The summed E-state index contributed by atoms with van der Waals surface area (Å²) in [5.74, 6) is -2.43. The third-order valence-electron chi connectivity index (χ3n) is 7.61. The Balaban J connectivity index is 1.24. The summed E-state index contributed by atoms with van der Waals surface area (Å²) >= 11 is 0. The van der Waals surface area contributed by atoms with E-state index >= 15 is 0 Å². The summed E-state index contributed by atoms with van der Waals surface area (Å²) in [6.07, 6.45) is -5.66. The SMILES string of the molecule is C=C(CCNC(=O)c1cc2c(cc1NC(=O)c1c(Nc3ccc(N4C5COCC4C5)nc3)ncnc1OC)OC(F)(F)O2)C(F)(F)F. The van der Waals surface area contributed by atoms with Crippen LogP contribution in [0.25, 0.3) is 0 Å². The zero-order chi connectivity index (χ0) is 33.5. The molecule has 0 spiro atoms. The fraction of sp³-hybridized carbons (Fsp3) is 0.345. The van der Waals surface area contributed by atoms with Crippen molar-refractivity contribution >= 4 is 34.8 Å². The molecule has 3 aliphatic rings. The lowest BCUT2D eigenvalue weighted by molar-refractivity contribution is -0.286. The van der Waals surface area contributed by atoms with Crippen molar-refractivity contribution in [3.63, 3.8) is 0 Å². The second-order valence-corrected chi connectivity index (χ2v) is 10.7. The van der Waals surface area contributed by atoms with E-state index in [0.717, 1.165) is 30.7 Å². The van der Waals surface area contributed by atoms with Gasteiger partial charge in [0, 0.05) is 18.2 Å². The molecular weight excluding hydrogens is 637 g/mol. The molecule has 2 saturated heterocycles. The molecule has 18 heteroatoms. The van der Waals surface area contributed by atoms with E-state index in [-0.39, 0.29) is 35.0 Å². The Morgan fingerprint density at radius 3 is 2.45 bits per heavy atom. The number of rotatable bonds is 10. The first-order chi connectivity index (χ1) is 22.3. The highest BCUT2D eigenvalue weighted by Gasteiger charge is 2.45. The van der Waals surface area contributed by atoms with E-state index in [9.17, 15) is 31.5 Å². The van der Waals surface area contributed by atoms with Crippen LogP contribution in [0.1, 0.15) is 33.6 Å². The predicted octanol–water partition coefficient (Wildman–Crippen LogP) is 4.41. The Bertz CT molecular complexity index is 1710. The van der Waals surface area contributed by atoms with E-state index in [4.69, 9.17) is 9.47 Å². The Morgan fingerprint density at radius 2 is 1.81 bits per heavy atom. The van der Waals surface area contributed by atoms with Crippen LogP contribution in [-0.4, -0.2) is 78.2 Å². The van der Waals surface area contributed by atoms with Crippen LogP contribution in [0.3, 0.4) is 0 Å². The first kappa shape index (κ1) is 31.7. The molecule has 47 heavy (non-hydrogen) atoms. The lowest BCUT2D eigenvalue weighted by Gasteiger charge is -2.53. The van der Waals surface area contributed by atoms with E-state index in [1.54, 1.807) is 12.3 Å². The van der Waals surface area contributed by atoms with Crippen molar-refractivity contribution in [2.24, 2.45) is 0 Å². The highest BCUT2D eigenvalue weighted by molar-refractivity contribution is 6.12. The van der Waals surface area contributed by atoms with Gasteiger partial charge in [0.2, 0.25) is 5.88 Å². The molecule has 13 nitrogen and oxygen atoms in total. The van der Waals surface area contributed by atoms with Crippen molar-refractivity contribution < 1.29 is 50.5 Å². The molecule has 0 aliphatic carbocycles. The van der Waals surface area contributed by atoms with E-state index in [2.05, 4.69) is 51.9 Å². The van der Waals surface area contributed by atoms with Crippen LogP contribution in [0.4, 0.5) is 45.0 Å². The molecule has 5 heterocycles. The van der Waals surface area contributed by atoms with Crippen molar-refractivity contribution in [2.45, 2.75) is 37.4 Å². The molecule has 6 rings (SSSR count). The fourth-order valence-corrected chi connectivity index (χ4v) is 5.32. The Hall–Kier alpha value is -5.26. The summed E-state index contributed by atoms with van der Waals surface area (Å²) < 4.78 is 85.9. The number of halogens is 5. The first-order valence-electron chi connectivity index (χ1n) is 14.1. The molecule has 2 bridgehead atoms. The number of nitrogens with one attached hydrogen (secondary N) is 3. The number of alkyl halides is 5. The number of ether oxygens (including phenoxy) is 4. The van der Waals surface area contributed by atoms with Crippen LogP contribution in [0.2, 0.25) is 0 Å². The number of carbonyl (C=O) groups excluding carboxylic acids is 2. The number of carbonyl (C=O) groups is 2. The number of nitrogens with zero attached hydrogens (tertiary/aromatic N) is 4. The van der Waals surface area contributed by atoms with E-state index in [1.807, 2.05) is 6.07 Å². The van der Waals surface area contributed by atoms with Gasteiger partial charge in [0.15, 0.2) is 17.3 Å². The smallest absolute Gasteiger partial charge is 0.480 e. The van der Waals surface area contributed by atoms with Crippen LogP contribution in [0, 0.1) is 0 Å². The number of morpholine rings is 1. The molecule has 2 aromatic heterocycles. The molecule has 0 saturated carbocycles. The summed E-state index contributed by atoms with van der Waals surface area (Å²) in [7, 11) is 1.25. The predicted molar refractivity (Wildman–Crippen MR) is 154 cm³/mol. The normalized spacial score (nSPS) is 19.0. The molecule has 2 atom stereocenters. The van der Waals surface area contributed by atoms with Crippen LogP contribution >= 0.6 is 0 Å². The number of methoxy groups -OCH3 is 1. The number of pyridine rings is 1. The summed E-state index contributed by atoms with van der Waals surface area (Å²) in [5, 5.41) is 7.68. The maximum atomic E-state index is 13.8. The van der Waals surface area contributed by atoms with Gasteiger partial charge in [-0.1, -0.05) is 6.58 Å². The fourth-order valence-electron chi connectivity index (χ4n) is 5.32. The number of aromatic nitrogens is 3. The van der Waals surface area contributed by atoms with Gasteiger partial charge in [-0.25, -0.2) is 15.0 Å². The number of anilines is 4. The van der Waals surface area contributed by atoms with Gasteiger partial charge in [-0.2, -0.15) is 13.2 Å². The quantitative estimate of drug-likeness (QED) is 0.209. The minimum absolute atomic E-state index is 0.0259. The van der Waals surface area contributed by atoms with Crippen molar-refractivity contribution in [2.75, 3.05) is 42.4 Å². The molecule has 248 valence electrons. The van der Waals surface area contributed by atoms with Crippen molar-refractivity contribution in [3.05, 3.63) is 60.1 Å². The summed E-state index contributed by atoms with van der Waals surface area (Å²) in [5.41, 5.74) is -1.62. The second-order valence-electron chi connectivity index (χ2n) is 10.7. The summed E-state index contributed by atoms with van der Waals surface area (Å²) in [6, 6.07) is 5.85. The van der Waals surface area contributed by atoms with Gasteiger partial charge in [0.05, 0.1) is 55.5 Å². The average Bonchev–Trinajstić information content (AvgIpc) is 3.33. The first-order valence-corrected chi connectivity index (χ1v) is 14.1. The zero-order valence-corrected chi connectivity index (χ0v) is 24.5. The Kier molecular flexibility index (Phi) is 8.20. The molecule has 2 amide bonds. The molecular formula is C29H26F5N7O6. The van der Waals surface area contributed by atoms with E-state index in [0.29, 0.717) is 18.9 Å². The summed E-state index contributed by atoms with van der Waals surface area (Å²) in [4.78, 5) is 41.5. The highest BCUT2D eigenvalue weighted by Crippen LogP contribution is 2.44. The molecule has 2 unspecified atom stereocenters. The van der Waals surface area contributed by atoms with Crippen LogP contribution in [-0.2, 0) is 4.74 Å². The van der Waals surface area contributed by atoms with Crippen LogP contribution in [0.5, 0.6) is 17.4 Å². The maximum absolute atomic E-state index is 13.8. The number of hydrogen-bond donors (Lipinski definition) is 3. The Labute approximate surface area is 263 Å². The van der Waals surface area contributed by atoms with Crippen molar-refractivity contribution in [1.29, 1.82) is 0 Å². The van der Waals surface area contributed by atoms with Crippen molar-refractivity contribution in [1.82, 2.24) is 20.3 Å². The standard InChI is InChI=1S/C29H26F5N7O6/c1-14(28(30,31)32)5-6-35-25(42)18-8-20-21(47-29(33,34)46-20)9-19(18)40-26(43)23-24(37-13-38-27(23)44-2)39-15-3-4-22(36-10-15)41-16-7-17(41)12-45-11-16/h3-4,8-10,13,16-17H,1,5-7,11-12H2,2H3,(H,35,42)(H,40,43)(H,37,38,39). The lowest BCUT2D eigenvalue weighted by atomic mass is 9.91. The van der Waals surface area contributed by atoms with Gasteiger partial charge in [0.25, 0.3) is 11.8 Å². The van der Waals surface area contributed by atoms with Gasteiger partial charge in [-0.05, 0) is 31.0 Å². The molecule has 1 aromatic carbocycles. The van der Waals surface area contributed by atoms with Crippen LogP contribution < -0.4 is 35.1 Å². The monoisotopic (exact) mass is 663 g/mol. The van der Waals surface area contributed by atoms with Gasteiger partial charge in [-0.3, -0.25) is 9.59 Å². The van der Waals surface area contributed by atoms with Crippen molar-refractivity contribution in [3.8, 4) is 17.4 Å². The minimum Gasteiger partial charge on any atom is -0.480 e. The zero-order valence-electron chi connectivity index (χ0n) is 24.5. The van der Waals surface area contributed by atoms with Crippen LogP contribution in [0.15, 0.2) is 48.9 Å². The molecule has 0 radical (unpaired) electrons. The lowest BCUT2D eigenvalue weighted by Crippen LogP contribution is -2.64. The largest absolute Gasteiger partial charge is 0.586 e. The van der Waals surface area contributed by atoms with Gasteiger partial charge in [0.1, 0.15) is 17.7 Å². The molecule has 3 aliphatic heterocycles. The average molecular weight is 664 g/mol. The second kappa shape index (κ2) is 12.2. The molecule has 3 aromatic rings. The van der Waals surface area contributed by atoms with E-state index < -0.39 is 59.9 Å². The number of fused-ring (bicyclic) bond motifs is 3. The Morgan fingerprint density at radius 1 is 1.09 bits per heavy atom. The van der Waals surface area contributed by atoms with Gasteiger partial charge >= 0.3 is 12.5 Å². The van der Waals surface area contributed by atoms with Gasteiger partial charge < -0.3 is 39.8 Å². The highest BCUT2D eigenvalue weighted by atomic mass is 19.4. The number of benzene rings is 1.